The molecule has 0 amide bonds. The summed E-state index contributed by atoms with van der Waals surface area (Å²) in [6.45, 7) is 1.97. The van der Waals surface area contributed by atoms with Gasteiger partial charge >= 0.3 is 0 Å². The van der Waals surface area contributed by atoms with Crippen LogP contribution in [0.5, 0.6) is 0 Å². The average Bonchev–Trinajstić information content (AvgIpc) is 2.43. The Bertz CT molecular complexity index is 545. The molecule has 0 atom stereocenters. The van der Waals surface area contributed by atoms with Crippen molar-refractivity contribution in [3.63, 3.8) is 0 Å². The van der Waals surface area contributed by atoms with E-state index < -0.39 is 0 Å². The summed E-state index contributed by atoms with van der Waals surface area (Å²) in [6, 6.07) is 14.9. The molecule has 0 bridgehead atoms. The first kappa shape index (κ1) is 15.3. The lowest BCUT2D eigenvalue weighted by molar-refractivity contribution is 0.269. The first-order chi connectivity index (χ1) is 9.69. The van der Waals surface area contributed by atoms with Crippen molar-refractivity contribution in [3.8, 4) is 0 Å². The minimum Gasteiger partial charge on any atom is -0.294 e. The third-order valence-corrected chi connectivity index (χ3v) is 3.46. The zero-order valence-electron chi connectivity index (χ0n) is 11.0. The Kier molecular flexibility index (Phi) is 5.84. The van der Waals surface area contributed by atoms with E-state index >= 15 is 0 Å². The highest BCUT2D eigenvalue weighted by Crippen LogP contribution is 2.17. The Morgan fingerprint density at radius 3 is 2.40 bits per heavy atom. The number of benzene rings is 2. The monoisotopic (exact) mass is 311 g/mol. The molecule has 0 saturated heterocycles. The van der Waals surface area contributed by atoms with E-state index in [1.807, 2.05) is 18.2 Å². The quantitative estimate of drug-likeness (QED) is 0.698. The van der Waals surface area contributed by atoms with Crippen LogP contribution in [0.25, 0.3) is 0 Å². The zero-order chi connectivity index (χ0) is 14.4. The lowest BCUT2D eigenvalue weighted by Crippen LogP contribution is -2.25. The topological polar surface area (TPSA) is 3.24 Å². The van der Waals surface area contributed by atoms with Crippen LogP contribution < -0.4 is 0 Å². The molecule has 4 heteroatoms. The van der Waals surface area contributed by atoms with Gasteiger partial charge in [-0.2, -0.15) is 0 Å². The van der Waals surface area contributed by atoms with Gasteiger partial charge in [0.25, 0.3) is 0 Å². The second kappa shape index (κ2) is 7.63. The number of hydrogen-bond donors (Lipinski definition) is 0. The average molecular weight is 312 g/mol. The molecule has 0 aliphatic carbocycles. The molecule has 0 saturated carbocycles. The third kappa shape index (κ3) is 4.48. The van der Waals surface area contributed by atoms with Gasteiger partial charge in [-0.05, 0) is 17.7 Å². The highest BCUT2D eigenvalue weighted by molar-refractivity contribution is 6.30. The predicted molar refractivity (Wildman–Crippen MR) is 82.7 cm³/mol. The summed E-state index contributed by atoms with van der Waals surface area (Å²) in [7, 11) is 0. The summed E-state index contributed by atoms with van der Waals surface area (Å²) in [6.07, 6.45) is 0. The van der Waals surface area contributed by atoms with Gasteiger partial charge in [0.1, 0.15) is 5.82 Å². The van der Waals surface area contributed by atoms with Crippen molar-refractivity contribution < 1.29 is 4.39 Å². The molecule has 106 valence electrons. The maximum atomic E-state index is 13.8. The van der Waals surface area contributed by atoms with Crippen molar-refractivity contribution in [2.24, 2.45) is 0 Å². The Hall–Kier alpha value is -1.09. The van der Waals surface area contributed by atoms with Crippen molar-refractivity contribution in [2.45, 2.75) is 13.1 Å². The van der Waals surface area contributed by atoms with Crippen LogP contribution in [-0.2, 0) is 13.1 Å². The van der Waals surface area contributed by atoms with Crippen LogP contribution in [0.4, 0.5) is 4.39 Å². The fourth-order valence-corrected chi connectivity index (χ4v) is 2.46. The van der Waals surface area contributed by atoms with Crippen molar-refractivity contribution >= 4 is 23.2 Å². The second-order valence-corrected chi connectivity index (χ2v) is 5.44. The molecule has 0 unspecified atom stereocenters. The van der Waals surface area contributed by atoms with E-state index in [1.165, 1.54) is 11.6 Å². The van der Waals surface area contributed by atoms with Crippen molar-refractivity contribution in [1.29, 1.82) is 0 Å². The predicted octanol–water partition coefficient (Wildman–Crippen LogP) is 4.72. The number of rotatable bonds is 6. The number of hydrogen-bond acceptors (Lipinski definition) is 1. The van der Waals surface area contributed by atoms with Crippen LogP contribution in [0.3, 0.4) is 0 Å². The molecule has 2 aromatic carbocycles. The van der Waals surface area contributed by atoms with Crippen LogP contribution in [0.15, 0.2) is 48.5 Å². The van der Waals surface area contributed by atoms with Gasteiger partial charge in [-0.3, -0.25) is 4.90 Å². The van der Waals surface area contributed by atoms with Gasteiger partial charge < -0.3 is 0 Å². The van der Waals surface area contributed by atoms with Gasteiger partial charge in [0.05, 0.1) is 0 Å². The highest BCUT2D eigenvalue weighted by Gasteiger charge is 2.10. The molecule has 0 radical (unpaired) electrons. The van der Waals surface area contributed by atoms with Gasteiger partial charge in [0, 0.05) is 36.1 Å². The summed E-state index contributed by atoms with van der Waals surface area (Å²) in [5, 5.41) is 0.415. The van der Waals surface area contributed by atoms with Crippen molar-refractivity contribution in [2.75, 3.05) is 12.4 Å². The molecule has 0 N–H and O–H groups in total. The number of nitrogens with zero attached hydrogens (tertiary/aromatic N) is 1. The number of alkyl halides is 1. The van der Waals surface area contributed by atoms with Crippen molar-refractivity contribution in [1.82, 2.24) is 4.90 Å². The molecular formula is C16H16Cl2FN. The fraction of sp³-hybridized carbons (Fsp3) is 0.250. The van der Waals surface area contributed by atoms with E-state index in [-0.39, 0.29) is 5.82 Å². The molecule has 0 heterocycles. The molecular weight excluding hydrogens is 296 g/mol. The minimum atomic E-state index is -0.273. The lowest BCUT2D eigenvalue weighted by atomic mass is 10.1. The van der Waals surface area contributed by atoms with E-state index in [0.29, 0.717) is 29.6 Å². The van der Waals surface area contributed by atoms with Gasteiger partial charge in [0.15, 0.2) is 0 Å². The molecule has 1 nitrogen and oxygen atoms in total. The molecule has 0 aromatic heterocycles. The summed E-state index contributed by atoms with van der Waals surface area (Å²) in [4.78, 5) is 2.12. The molecule has 2 rings (SSSR count). The molecule has 0 fully saturated rings. The van der Waals surface area contributed by atoms with Crippen LogP contribution in [-0.4, -0.2) is 17.3 Å². The molecule has 0 aliphatic rings. The first-order valence-corrected chi connectivity index (χ1v) is 7.36. The van der Waals surface area contributed by atoms with Gasteiger partial charge in [-0.1, -0.05) is 48.0 Å². The van der Waals surface area contributed by atoms with E-state index in [0.717, 1.165) is 6.54 Å². The Morgan fingerprint density at radius 1 is 1.00 bits per heavy atom. The largest absolute Gasteiger partial charge is 0.294 e. The Balaban J connectivity index is 2.09. The normalized spacial score (nSPS) is 11.0. The summed E-state index contributed by atoms with van der Waals surface area (Å²) < 4.78 is 13.8. The van der Waals surface area contributed by atoms with Gasteiger partial charge in [-0.25, -0.2) is 4.39 Å². The molecule has 0 spiro atoms. The lowest BCUT2D eigenvalue weighted by Gasteiger charge is -2.21. The van der Waals surface area contributed by atoms with Gasteiger partial charge in [0.2, 0.25) is 0 Å². The van der Waals surface area contributed by atoms with Crippen LogP contribution >= 0.6 is 23.2 Å². The molecule has 0 aliphatic heterocycles. The maximum Gasteiger partial charge on any atom is 0.129 e. The van der Waals surface area contributed by atoms with E-state index in [4.69, 9.17) is 23.2 Å². The van der Waals surface area contributed by atoms with Crippen molar-refractivity contribution in [3.05, 3.63) is 70.5 Å². The smallest absolute Gasteiger partial charge is 0.129 e. The summed E-state index contributed by atoms with van der Waals surface area (Å²) in [5.74, 6) is 0.243. The summed E-state index contributed by atoms with van der Waals surface area (Å²) in [5.41, 5.74) is 1.82. The molecule has 2 aromatic rings. The standard InChI is InChI=1S/C16H16Cl2FN/c17-8-9-20(11-13-4-2-1-3-5-13)12-14-6-7-15(18)10-16(14)19/h1-7,10H,8-9,11-12H2. The second-order valence-electron chi connectivity index (χ2n) is 4.62. The zero-order valence-corrected chi connectivity index (χ0v) is 12.5. The van der Waals surface area contributed by atoms with Crippen LogP contribution in [0, 0.1) is 5.82 Å². The number of halogens is 3. The van der Waals surface area contributed by atoms with Gasteiger partial charge in [-0.15, -0.1) is 11.6 Å². The fourth-order valence-electron chi connectivity index (χ4n) is 2.07. The Labute approximate surface area is 128 Å². The maximum absolute atomic E-state index is 13.8. The van der Waals surface area contributed by atoms with E-state index in [2.05, 4.69) is 17.0 Å². The van der Waals surface area contributed by atoms with E-state index in [9.17, 15) is 4.39 Å². The van der Waals surface area contributed by atoms with Crippen LogP contribution in [0.1, 0.15) is 11.1 Å². The summed E-state index contributed by atoms with van der Waals surface area (Å²) >= 11 is 11.6. The molecule has 20 heavy (non-hydrogen) atoms. The van der Waals surface area contributed by atoms with Crippen LogP contribution in [0.2, 0.25) is 5.02 Å². The Morgan fingerprint density at radius 2 is 1.75 bits per heavy atom. The first-order valence-electron chi connectivity index (χ1n) is 6.45. The minimum absolute atomic E-state index is 0.273. The highest BCUT2D eigenvalue weighted by atomic mass is 35.5. The third-order valence-electron chi connectivity index (χ3n) is 3.06. The SMILES string of the molecule is Fc1cc(Cl)ccc1CN(CCCl)Cc1ccccc1. The van der Waals surface area contributed by atoms with E-state index in [1.54, 1.807) is 12.1 Å².